The molecule has 0 atom stereocenters. The van der Waals surface area contributed by atoms with Crippen LogP contribution < -0.4 is 40.1 Å². The molecule has 1 fully saturated rings. The Morgan fingerprint density at radius 2 is 2.05 bits per heavy atom. The summed E-state index contributed by atoms with van der Waals surface area (Å²) in [6.07, 6.45) is 3.03. The van der Waals surface area contributed by atoms with Gasteiger partial charge in [-0.15, -0.1) is 0 Å². The van der Waals surface area contributed by atoms with Gasteiger partial charge < -0.3 is 14.5 Å². The van der Waals surface area contributed by atoms with Crippen LogP contribution in [0.2, 0.25) is 5.02 Å². The minimum absolute atomic E-state index is 0. The zero-order valence-corrected chi connectivity index (χ0v) is 13.4. The summed E-state index contributed by atoms with van der Waals surface area (Å²) >= 11 is 5.72. The maximum atomic E-state index is 13.5. The standard InChI is InChI=1S/C13H9ClFNO3.Na/c14-9-4-11-7(3-10(9)15)12(17)8(13(18)19)5-16(11)6-1-2-6;/h3-6H,1-2H2,(H,18,19);/q;+1/p-1. The number of nitrogens with zero attached hydrogens (tertiary/aromatic N) is 1. The number of carbonyl (C=O) groups is 1. The number of benzene rings is 1. The molecule has 7 heteroatoms. The number of hydrogen-bond donors (Lipinski definition) is 0. The molecule has 0 bridgehead atoms. The Labute approximate surface area is 140 Å². The van der Waals surface area contributed by atoms with E-state index in [0.29, 0.717) is 5.52 Å². The van der Waals surface area contributed by atoms with Crippen molar-refractivity contribution in [2.75, 3.05) is 0 Å². The predicted octanol–water partition coefficient (Wildman–Crippen LogP) is -1.50. The van der Waals surface area contributed by atoms with Gasteiger partial charge in [0.05, 0.1) is 22.1 Å². The molecule has 2 aromatic rings. The molecule has 1 aliphatic carbocycles. The van der Waals surface area contributed by atoms with Gasteiger partial charge in [-0.25, -0.2) is 4.39 Å². The Morgan fingerprint density at radius 1 is 1.40 bits per heavy atom. The fourth-order valence-corrected chi connectivity index (χ4v) is 2.30. The number of aromatic carboxylic acids is 1. The third kappa shape index (κ3) is 2.51. The number of halogens is 2. The Bertz CT molecular complexity index is 770. The van der Waals surface area contributed by atoms with Crippen LogP contribution in [0.15, 0.2) is 23.1 Å². The van der Waals surface area contributed by atoms with Crippen molar-refractivity contribution in [3.8, 4) is 0 Å². The molecule has 0 saturated heterocycles. The van der Waals surface area contributed by atoms with Crippen LogP contribution in [0.1, 0.15) is 29.2 Å². The van der Waals surface area contributed by atoms with Crippen LogP contribution in [0.3, 0.4) is 0 Å². The quantitative estimate of drug-likeness (QED) is 0.634. The largest absolute Gasteiger partial charge is 1.00 e. The first-order valence-electron chi connectivity index (χ1n) is 5.74. The molecule has 0 unspecified atom stereocenters. The van der Waals surface area contributed by atoms with E-state index < -0.39 is 22.8 Å². The Morgan fingerprint density at radius 3 is 2.60 bits per heavy atom. The van der Waals surface area contributed by atoms with Crippen LogP contribution in [0.4, 0.5) is 4.39 Å². The van der Waals surface area contributed by atoms with E-state index in [1.807, 2.05) is 0 Å². The number of carboxylic acid groups (broad SMARTS) is 1. The van der Waals surface area contributed by atoms with Gasteiger partial charge in [0.25, 0.3) is 0 Å². The zero-order valence-electron chi connectivity index (χ0n) is 10.7. The van der Waals surface area contributed by atoms with E-state index in [1.165, 1.54) is 12.3 Å². The maximum Gasteiger partial charge on any atom is 1.00 e. The second-order valence-electron chi connectivity index (χ2n) is 4.58. The van der Waals surface area contributed by atoms with Gasteiger partial charge in [0.1, 0.15) is 5.82 Å². The van der Waals surface area contributed by atoms with Crippen molar-refractivity contribution in [1.82, 2.24) is 4.57 Å². The topological polar surface area (TPSA) is 62.1 Å². The van der Waals surface area contributed by atoms with Crippen molar-refractivity contribution in [3.05, 3.63) is 45.0 Å². The first-order chi connectivity index (χ1) is 8.99. The first kappa shape index (κ1) is 15.5. The third-order valence-electron chi connectivity index (χ3n) is 3.23. The van der Waals surface area contributed by atoms with E-state index in [1.54, 1.807) is 4.57 Å². The van der Waals surface area contributed by atoms with Crippen LogP contribution >= 0.6 is 11.6 Å². The van der Waals surface area contributed by atoms with E-state index >= 15 is 0 Å². The Kier molecular flexibility index (Phi) is 4.25. The minimum atomic E-state index is -1.56. The molecular formula is C13H8ClFNNaO3. The fourth-order valence-electron chi connectivity index (χ4n) is 2.14. The van der Waals surface area contributed by atoms with Crippen LogP contribution in [-0.2, 0) is 0 Å². The van der Waals surface area contributed by atoms with Gasteiger partial charge >= 0.3 is 29.6 Å². The number of carbonyl (C=O) groups excluding carboxylic acids is 1. The fraction of sp³-hybridized carbons (Fsp3) is 0.231. The molecule has 3 rings (SSSR count). The van der Waals surface area contributed by atoms with Crippen molar-refractivity contribution in [2.45, 2.75) is 18.9 Å². The minimum Gasteiger partial charge on any atom is -0.545 e. The van der Waals surface area contributed by atoms with Gasteiger partial charge in [-0.1, -0.05) is 11.6 Å². The van der Waals surface area contributed by atoms with E-state index in [0.717, 1.165) is 18.9 Å². The third-order valence-corrected chi connectivity index (χ3v) is 3.52. The molecule has 20 heavy (non-hydrogen) atoms. The number of hydrogen-bond acceptors (Lipinski definition) is 3. The zero-order chi connectivity index (χ0) is 13.7. The summed E-state index contributed by atoms with van der Waals surface area (Å²) in [5, 5.41) is 10.9. The molecular weight excluding hydrogens is 296 g/mol. The molecule has 0 N–H and O–H groups in total. The van der Waals surface area contributed by atoms with Crippen molar-refractivity contribution >= 4 is 28.5 Å². The smallest absolute Gasteiger partial charge is 0.545 e. The maximum absolute atomic E-state index is 13.5. The SMILES string of the molecule is O=C([O-])c1cn(C2CC2)c2cc(Cl)c(F)cc2c1=O.[Na+]. The van der Waals surface area contributed by atoms with E-state index in [9.17, 15) is 19.1 Å². The van der Waals surface area contributed by atoms with Crippen molar-refractivity contribution in [1.29, 1.82) is 0 Å². The molecule has 0 radical (unpaired) electrons. The number of aromatic nitrogens is 1. The van der Waals surface area contributed by atoms with Crippen LogP contribution in [-0.4, -0.2) is 10.5 Å². The monoisotopic (exact) mass is 303 g/mol. The average Bonchev–Trinajstić information content (AvgIpc) is 3.16. The number of carboxylic acids is 1. The van der Waals surface area contributed by atoms with Gasteiger partial charge in [0.2, 0.25) is 0 Å². The molecule has 98 valence electrons. The van der Waals surface area contributed by atoms with E-state index in [2.05, 4.69) is 0 Å². The molecule has 0 spiro atoms. The summed E-state index contributed by atoms with van der Waals surface area (Å²) in [5.41, 5.74) is -0.757. The van der Waals surface area contributed by atoms with Gasteiger partial charge in [-0.2, -0.15) is 0 Å². The van der Waals surface area contributed by atoms with Crippen molar-refractivity contribution < 1.29 is 43.8 Å². The van der Waals surface area contributed by atoms with Crippen molar-refractivity contribution in [2.24, 2.45) is 0 Å². The second-order valence-corrected chi connectivity index (χ2v) is 4.99. The predicted molar refractivity (Wildman–Crippen MR) is 65.8 cm³/mol. The summed E-state index contributed by atoms with van der Waals surface area (Å²) in [7, 11) is 0. The van der Waals surface area contributed by atoms with Crippen LogP contribution in [0.25, 0.3) is 10.9 Å². The molecule has 1 aromatic carbocycles. The van der Waals surface area contributed by atoms with E-state index in [4.69, 9.17) is 11.6 Å². The molecule has 1 aromatic heterocycles. The normalized spacial score (nSPS) is 14.1. The van der Waals surface area contributed by atoms with Gasteiger partial charge in [0.15, 0.2) is 5.43 Å². The van der Waals surface area contributed by atoms with Gasteiger partial charge in [0, 0.05) is 17.6 Å². The number of rotatable bonds is 2. The molecule has 0 aliphatic heterocycles. The summed E-state index contributed by atoms with van der Waals surface area (Å²) in [6, 6.07) is 2.46. The Hall–Kier alpha value is -0.880. The van der Waals surface area contributed by atoms with E-state index in [-0.39, 0.29) is 46.0 Å². The summed E-state index contributed by atoms with van der Waals surface area (Å²) in [4.78, 5) is 23.0. The molecule has 0 amide bonds. The first-order valence-corrected chi connectivity index (χ1v) is 6.12. The van der Waals surface area contributed by atoms with Gasteiger partial charge in [-0.05, 0) is 25.0 Å². The summed E-state index contributed by atoms with van der Waals surface area (Å²) in [5.74, 6) is -2.30. The molecule has 1 aliphatic rings. The average molecular weight is 304 g/mol. The number of pyridine rings is 1. The molecule has 4 nitrogen and oxygen atoms in total. The second kappa shape index (κ2) is 5.48. The summed E-state index contributed by atoms with van der Waals surface area (Å²) < 4.78 is 15.1. The molecule has 1 heterocycles. The Balaban J connectivity index is 0.00000147. The van der Waals surface area contributed by atoms with Crippen LogP contribution in [0, 0.1) is 5.82 Å². The summed E-state index contributed by atoms with van der Waals surface area (Å²) in [6.45, 7) is 0. The van der Waals surface area contributed by atoms with Crippen molar-refractivity contribution in [3.63, 3.8) is 0 Å². The molecule has 1 saturated carbocycles. The number of fused-ring (bicyclic) bond motifs is 1. The van der Waals surface area contributed by atoms with Gasteiger partial charge in [-0.3, -0.25) is 4.79 Å². The van der Waals surface area contributed by atoms with Crippen LogP contribution in [0.5, 0.6) is 0 Å².